The molecule has 0 aliphatic carbocycles. The van der Waals surface area contributed by atoms with Crippen LogP contribution in [0.2, 0.25) is 5.02 Å². The Bertz CT molecular complexity index is 583. The van der Waals surface area contributed by atoms with Gasteiger partial charge in [0.15, 0.2) is 5.76 Å². The van der Waals surface area contributed by atoms with Crippen LogP contribution in [0.4, 0.5) is 11.4 Å². The monoisotopic (exact) mass is 267 g/mol. The average molecular weight is 268 g/mol. The predicted octanol–water partition coefficient (Wildman–Crippen LogP) is 3.16. The van der Waals surface area contributed by atoms with Crippen molar-refractivity contribution in [3.8, 4) is 0 Å². The second-order valence-electron chi connectivity index (χ2n) is 3.71. The molecule has 1 aromatic carbocycles. The van der Waals surface area contributed by atoms with Gasteiger partial charge in [0, 0.05) is 18.2 Å². The molecule has 18 heavy (non-hydrogen) atoms. The largest absolute Gasteiger partial charge is 0.376 e. The molecule has 7 heteroatoms. The molecule has 0 saturated heterocycles. The number of nitro groups is 1. The maximum absolute atomic E-state index is 10.5. The number of non-ortho nitro benzene ring substituents is 1. The Labute approximate surface area is 108 Å². The second-order valence-corrected chi connectivity index (χ2v) is 4.12. The Morgan fingerprint density at radius 3 is 2.83 bits per heavy atom. The molecule has 94 valence electrons. The van der Waals surface area contributed by atoms with Crippen molar-refractivity contribution in [3.05, 3.63) is 50.9 Å². The first-order chi connectivity index (χ1) is 8.56. The molecule has 0 atom stereocenters. The molecule has 0 unspecified atom stereocenters. The number of halogens is 1. The van der Waals surface area contributed by atoms with Gasteiger partial charge in [-0.05, 0) is 13.0 Å². The highest BCUT2D eigenvalue weighted by atomic mass is 35.5. The van der Waals surface area contributed by atoms with Crippen LogP contribution in [0, 0.1) is 17.0 Å². The molecule has 0 bridgehead atoms. The quantitative estimate of drug-likeness (QED) is 0.680. The summed E-state index contributed by atoms with van der Waals surface area (Å²) in [6, 6.07) is 6.05. The molecule has 0 radical (unpaired) electrons. The number of nitro benzene ring substituents is 1. The van der Waals surface area contributed by atoms with Crippen molar-refractivity contribution in [3.63, 3.8) is 0 Å². The van der Waals surface area contributed by atoms with Gasteiger partial charge in [0.2, 0.25) is 0 Å². The summed E-state index contributed by atoms with van der Waals surface area (Å²) in [4.78, 5) is 10.1. The molecular weight excluding hydrogens is 258 g/mol. The Balaban J connectivity index is 2.08. The number of hydrogen-bond donors (Lipinski definition) is 1. The smallest absolute Gasteiger partial charge is 0.271 e. The fraction of sp³-hybridized carbons (Fsp3) is 0.182. The van der Waals surface area contributed by atoms with E-state index in [0.717, 1.165) is 5.69 Å². The fourth-order valence-corrected chi connectivity index (χ4v) is 1.68. The maximum atomic E-state index is 10.5. The minimum Gasteiger partial charge on any atom is -0.376 e. The Hall–Kier alpha value is -2.08. The van der Waals surface area contributed by atoms with Crippen LogP contribution >= 0.6 is 11.6 Å². The fourth-order valence-electron chi connectivity index (χ4n) is 1.44. The van der Waals surface area contributed by atoms with Crippen LogP contribution in [0.1, 0.15) is 11.5 Å². The second kappa shape index (κ2) is 5.05. The lowest BCUT2D eigenvalue weighted by Gasteiger charge is -2.05. The van der Waals surface area contributed by atoms with Crippen LogP contribution in [-0.2, 0) is 6.54 Å². The number of aromatic nitrogens is 1. The van der Waals surface area contributed by atoms with E-state index in [1.54, 1.807) is 12.1 Å². The van der Waals surface area contributed by atoms with E-state index in [4.69, 9.17) is 16.1 Å². The summed E-state index contributed by atoms with van der Waals surface area (Å²) in [5.41, 5.74) is 1.36. The van der Waals surface area contributed by atoms with Crippen LogP contribution in [0.3, 0.4) is 0 Å². The molecule has 0 aliphatic rings. The van der Waals surface area contributed by atoms with E-state index in [1.807, 2.05) is 6.92 Å². The van der Waals surface area contributed by atoms with Gasteiger partial charge in [-0.25, -0.2) is 0 Å². The van der Waals surface area contributed by atoms with Crippen LogP contribution in [0.15, 0.2) is 28.8 Å². The third-order valence-electron chi connectivity index (χ3n) is 2.29. The van der Waals surface area contributed by atoms with Gasteiger partial charge >= 0.3 is 0 Å². The first-order valence-electron chi connectivity index (χ1n) is 5.16. The zero-order valence-corrected chi connectivity index (χ0v) is 10.3. The summed E-state index contributed by atoms with van der Waals surface area (Å²) in [5, 5.41) is 17.6. The number of benzene rings is 1. The lowest BCUT2D eigenvalue weighted by atomic mass is 10.2. The molecule has 6 nitrogen and oxygen atoms in total. The van der Waals surface area contributed by atoms with Gasteiger partial charge < -0.3 is 9.84 Å². The average Bonchev–Trinajstić information content (AvgIpc) is 2.73. The van der Waals surface area contributed by atoms with Crippen molar-refractivity contribution in [2.75, 3.05) is 5.32 Å². The molecule has 0 saturated carbocycles. The summed E-state index contributed by atoms with van der Waals surface area (Å²) in [6.45, 7) is 2.24. The minimum absolute atomic E-state index is 0.0407. The summed E-state index contributed by atoms with van der Waals surface area (Å²) in [7, 11) is 0. The zero-order chi connectivity index (χ0) is 13.1. The first kappa shape index (κ1) is 12.4. The maximum Gasteiger partial charge on any atom is 0.271 e. The van der Waals surface area contributed by atoms with E-state index in [-0.39, 0.29) is 5.69 Å². The molecule has 2 rings (SSSR count). The Kier molecular flexibility index (Phi) is 3.47. The summed E-state index contributed by atoms with van der Waals surface area (Å²) < 4.78 is 5.02. The lowest BCUT2D eigenvalue weighted by Crippen LogP contribution is -1.99. The molecule has 0 fully saturated rings. The normalized spacial score (nSPS) is 10.3. The van der Waals surface area contributed by atoms with E-state index < -0.39 is 4.92 Å². The first-order valence-corrected chi connectivity index (χ1v) is 5.54. The molecule has 1 aromatic heterocycles. The van der Waals surface area contributed by atoms with E-state index in [0.29, 0.717) is 23.0 Å². The molecule has 0 amide bonds. The number of hydrogen-bond acceptors (Lipinski definition) is 5. The zero-order valence-electron chi connectivity index (χ0n) is 9.51. The standard InChI is InChI=1S/C11H10ClN3O3/c1-7-4-9(18-14-7)6-13-11-3-2-8(15(16)17)5-10(11)12/h2-5,13H,6H2,1H3. The van der Waals surface area contributed by atoms with Gasteiger partial charge in [-0.3, -0.25) is 10.1 Å². The number of aryl methyl sites for hydroxylation is 1. The van der Waals surface area contributed by atoms with Crippen molar-refractivity contribution < 1.29 is 9.45 Å². The van der Waals surface area contributed by atoms with Gasteiger partial charge in [0.25, 0.3) is 5.69 Å². The van der Waals surface area contributed by atoms with E-state index >= 15 is 0 Å². The predicted molar refractivity (Wildman–Crippen MR) is 66.7 cm³/mol. The van der Waals surface area contributed by atoms with E-state index in [2.05, 4.69) is 10.5 Å². The summed E-state index contributed by atoms with van der Waals surface area (Å²) in [5.74, 6) is 0.668. The van der Waals surface area contributed by atoms with Crippen LogP contribution < -0.4 is 5.32 Å². The van der Waals surface area contributed by atoms with Gasteiger partial charge in [-0.2, -0.15) is 0 Å². The lowest BCUT2D eigenvalue weighted by molar-refractivity contribution is -0.384. The van der Waals surface area contributed by atoms with Gasteiger partial charge in [0.05, 0.1) is 27.9 Å². The molecule has 1 heterocycles. The number of nitrogens with zero attached hydrogens (tertiary/aromatic N) is 2. The Morgan fingerprint density at radius 1 is 1.50 bits per heavy atom. The number of nitrogens with one attached hydrogen (secondary N) is 1. The summed E-state index contributed by atoms with van der Waals surface area (Å²) >= 11 is 5.93. The van der Waals surface area contributed by atoms with Crippen molar-refractivity contribution in [1.29, 1.82) is 0 Å². The van der Waals surface area contributed by atoms with Crippen molar-refractivity contribution >= 4 is 23.0 Å². The minimum atomic E-state index is -0.491. The van der Waals surface area contributed by atoms with Crippen LogP contribution in [0.25, 0.3) is 0 Å². The van der Waals surface area contributed by atoms with Crippen LogP contribution in [0.5, 0.6) is 0 Å². The molecule has 2 aromatic rings. The number of anilines is 1. The number of rotatable bonds is 4. The van der Waals surface area contributed by atoms with Crippen molar-refractivity contribution in [1.82, 2.24) is 5.16 Å². The van der Waals surface area contributed by atoms with E-state index in [9.17, 15) is 10.1 Å². The van der Waals surface area contributed by atoms with Gasteiger partial charge in [0.1, 0.15) is 0 Å². The third-order valence-corrected chi connectivity index (χ3v) is 2.61. The van der Waals surface area contributed by atoms with Gasteiger partial charge in [-0.15, -0.1) is 0 Å². The topological polar surface area (TPSA) is 81.2 Å². The van der Waals surface area contributed by atoms with Crippen molar-refractivity contribution in [2.24, 2.45) is 0 Å². The van der Waals surface area contributed by atoms with Crippen molar-refractivity contribution in [2.45, 2.75) is 13.5 Å². The highest BCUT2D eigenvalue weighted by Crippen LogP contribution is 2.26. The SMILES string of the molecule is Cc1cc(CNc2ccc([N+](=O)[O-])cc2Cl)on1. The highest BCUT2D eigenvalue weighted by molar-refractivity contribution is 6.33. The molecular formula is C11H10ClN3O3. The summed E-state index contributed by atoms with van der Waals surface area (Å²) in [6.07, 6.45) is 0. The van der Waals surface area contributed by atoms with Gasteiger partial charge in [-0.1, -0.05) is 16.8 Å². The van der Waals surface area contributed by atoms with E-state index in [1.165, 1.54) is 12.1 Å². The molecule has 0 aliphatic heterocycles. The van der Waals surface area contributed by atoms with Crippen LogP contribution in [-0.4, -0.2) is 10.1 Å². The Morgan fingerprint density at radius 2 is 2.28 bits per heavy atom. The molecule has 1 N–H and O–H groups in total. The third kappa shape index (κ3) is 2.78. The molecule has 0 spiro atoms. The highest BCUT2D eigenvalue weighted by Gasteiger charge is 2.09.